The van der Waals surface area contributed by atoms with Crippen LogP contribution in [0.15, 0.2) is 29.2 Å². The van der Waals surface area contributed by atoms with Crippen molar-refractivity contribution in [3.63, 3.8) is 0 Å². The zero-order chi connectivity index (χ0) is 14.3. The number of hydrogen-bond acceptors (Lipinski definition) is 4. The van der Waals surface area contributed by atoms with E-state index < -0.39 is 9.84 Å². The average Bonchev–Trinajstić information content (AvgIpc) is 2.37. The van der Waals surface area contributed by atoms with Crippen molar-refractivity contribution in [2.75, 3.05) is 25.9 Å². The average molecular weight is 284 g/mol. The van der Waals surface area contributed by atoms with Crippen LogP contribution in [0.25, 0.3) is 0 Å². The van der Waals surface area contributed by atoms with Gasteiger partial charge in [0.15, 0.2) is 9.84 Å². The van der Waals surface area contributed by atoms with Crippen LogP contribution in [0.2, 0.25) is 0 Å². The number of benzene rings is 1. The Morgan fingerprint density at radius 2 is 1.84 bits per heavy atom. The SMILES string of the molecule is CCCNCCNC(=O)c1ccccc1S(C)(=O)=O. The topological polar surface area (TPSA) is 75.3 Å². The molecular formula is C13H20N2O3S. The quantitative estimate of drug-likeness (QED) is 0.727. The Labute approximate surface area is 114 Å². The van der Waals surface area contributed by atoms with Crippen LogP contribution in [0.4, 0.5) is 0 Å². The van der Waals surface area contributed by atoms with Gasteiger partial charge in [0.1, 0.15) is 0 Å². The fourth-order valence-corrected chi connectivity index (χ4v) is 2.52. The van der Waals surface area contributed by atoms with Crippen molar-refractivity contribution >= 4 is 15.7 Å². The highest BCUT2D eigenvalue weighted by Crippen LogP contribution is 2.14. The number of carbonyl (C=O) groups is 1. The molecule has 1 rings (SSSR count). The van der Waals surface area contributed by atoms with Gasteiger partial charge in [-0.15, -0.1) is 0 Å². The molecule has 0 bridgehead atoms. The van der Waals surface area contributed by atoms with Crippen molar-refractivity contribution in [3.8, 4) is 0 Å². The molecule has 0 aliphatic rings. The first kappa shape index (κ1) is 15.7. The minimum Gasteiger partial charge on any atom is -0.351 e. The predicted octanol–water partition coefficient (Wildman–Crippen LogP) is 0.819. The maximum atomic E-state index is 11.9. The van der Waals surface area contributed by atoms with Crippen molar-refractivity contribution in [1.29, 1.82) is 0 Å². The highest BCUT2D eigenvalue weighted by atomic mass is 32.2. The molecule has 0 fully saturated rings. The zero-order valence-electron chi connectivity index (χ0n) is 11.3. The second-order valence-electron chi connectivity index (χ2n) is 4.27. The summed E-state index contributed by atoms with van der Waals surface area (Å²) in [6, 6.07) is 6.22. The summed E-state index contributed by atoms with van der Waals surface area (Å²) < 4.78 is 23.2. The Balaban J connectivity index is 2.68. The summed E-state index contributed by atoms with van der Waals surface area (Å²) in [4.78, 5) is 12.0. The lowest BCUT2D eigenvalue weighted by atomic mass is 10.2. The molecular weight excluding hydrogens is 264 g/mol. The molecule has 5 nitrogen and oxygen atoms in total. The first-order valence-corrected chi connectivity index (χ1v) is 8.14. The first-order valence-electron chi connectivity index (χ1n) is 6.24. The van der Waals surface area contributed by atoms with E-state index in [1.807, 2.05) is 0 Å². The summed E-state index contributed by atoms with van der Waals surface area (Å²) in [5.74, 6) is -0.362. The molecule has 0 saturated heterocycles. The highest BCUT2D eigenvalue weighted by Gasteiger charge is 2.17. The molecule has 19 heavy (non-hydrogen) atoms. The molecule has 0 heterocycles. The first-order chi connectivity index (χ1) is 8.96. The van der Waals surface area contributed by atoms with Crippen molar-refractivity contribution < 1.29 is 13.2 Å². The number of hydrogen-bond donors (Lipinski definition) is 2. The molecule has 0 atom stereocenters. The van der Waals surface area contributed by atoms with Crippen molar-refractivity contribution in [1.82, 2.24) is 10.6 Å². The number of nitrogens with one attached hydrogen (secondary N) is 2. The van der Waals surface area contributed by atoms with Gasteiger partial charge in [-0.2, -0.15) is 0 Å². The molecule has 0 unspecified atom stereocenters. The van der Waals surface area contributed by atoms with E-state index in [0.717, 1.165) is 19.2 Å². The maximum absolute atomic E-state index is 11.9. The van der Waals surface area contributed by atoms with E-state index in [9.17, 15) is 13.2 Å². The van der Waals surface area contributed by atoms with E-state index in [2.05, 4.69) is 17.6 Å². The van der Waals surface area contributed by atoms with Gasteiger partial charge in [0.2, 0.25) is 0 Å². The minimum atomic E-state index is -3.39. The molecule has 0 saturated carbocycles. The third kappa shape index (κ3) is 5.00. The van der Waals surface area contributed by atoms with Crippen LogP contribution < -0.4 is 10.6 Å². The lowest BCUT2D eigenvalue weighted by Gasteiger charge is -2.09. The van der Waals surface area contributed by atoms with Gasteiger partial charge in [-0.25, -0.2) is 8.42 Å². The summed E-state index contributed by atoms with van der Waals surface area (Å²) in [5, 5.41) is 5.86. The highest BCUT2D eigenvalue weighted by molar-refractivity contribution is 7.90. The third-order valence-electron chi connectivity index (χ3n) is 2.55. The number of amides is 1. The van der Waals surface area contributed by atoms with Gasteiger partial charge >= 0.3 is 0 Å². The van der Waals surface area contributed by atoms with Crippen LogP contribution in [-0.2, 0) is 9.84 Å². The van der Waals surface area contributed by atoms with E-state index in [1.54, 1.807) is 12.1 Å². The van der Waals surface area contributed by atoms with Crippen LogP contribution in [0.1, 0.15) is 23.7 Å². The molecule has 1 aromatic rings. The monoisotopic (exact) mass is 284 g/mol. The summed E-state index contributed by atoms with van der Waals surface area (Å²) in [6.45, 7) is 4.10. The second-order valence-corrected chi connectivity index (χ2v) is 6.26. The molecule has 0 aliphatic heterocycles. The fourth-order valence-electron chi connectivity index (χ4n) is 1.64. The molecule has 0 spiro atoms. The lowest BCUT2D eigenvalue weighted by molar-refractivity contribution is 0.0950. The summed E-state index contributed by atoms with van der Waals surface area (Å²) >= 11 is 0. The van der Waals surface area contributed by atoms with E-state index in [4.69, 9.17) is 0 Å². The lowest BCUT2D eigenvalue weighted by Crippen LogP contribution is -2.32. The molecule has 106 valence electrons. The molecule has 1 aromatic carbocycles. The number of rotatable bonds is 7. The molecule has 1 amide bonds. The molecule has 6 heteroatoms. The zero-order valence-corrected chi connectivity index (χ0v) is 12.1. The minimum absolute atomic E-state index is 0.0639. The second kappa shape index (κ2) is 7.25. The predicted molar refractivity (Wildman–Crippen MR) is 75.0 cm³/mol. The van der Waals surface area contributed by atoms with E-state index in [1.165, 1.54) is 12.1 Å². The van der Waals surface area contributed by atoms with Crippen LogP contribution >= 0.6 is 0 Å². The fraction of sp³-hybridized carbons (Fsp3) is 0.462. The summed E-state index contributed by atoms with van der Waals surface area (Å²) in [7, 11) is -3.39. The normalized spacial score (nSPS) is 11.3. The van der Waals surface area contributed by atoms with Crippen LogP contribution in [0, 0.1) is 0 Å². The van der Waals surface area contributed by atoms with Gasteiger partial charge in [-0.1, -0.05) is 19.1 Å². The van der Waals surface area contributed by atoms with Crippen molar-refractivity contribution in [3.05, 3.63) is 29.8 Å². The van der Waals surface area contributed by atoms with Gasteiger partial charge in [-0.3, -0.25) is 4.79 Å². The molecule has 0 radical (unpaired) electrons. The van der Waals surface area contributed by atoms with E-state index in [0.29, 0.717) is 13.1 Å². The smallest absolute Gasteiger partial charge is 0.252 e. The van der Waals surface area contributed by atoms with Crippen LogP contribution in [0.5, 0.6) is 0 Å². The maximum Gasteiger partial charge on any atom is 0.252 e. The Kier molecular flexibility index (Phi) is 5.98. The Bertz CT molecular complexity index is 526. The molecule has 0 aliphatic carbocycles. The molecule has 2 N–H and O–H groups in total. The summed E-state index contributed by atoms with van der Waals surface area (Å²) in [5.41, 5.74) is 0.195. The van der Waals surface area contributed by atoms with Crippen molar-refractivity contribution in [2.24, 2.45) is 0 Å². The largest absolute Gasteiger partial charge is 0.351 e. The van der Waals surface area contributed by atoms with Gasteiger partial charge in [0.05, 0.1) is 10.5 Å². The van der Waals surface area contributed by atoms with E-state index in [-0.39, 0.29) is 16.4 Å². The third-order valence-corrected chi connectivity index (χ3v) is 3.70. The number of carbonyl (C=O) groups excluding carboxylic acids is 1. The Hall–Kier alpha value is -1.40. The Morgan fingerprint density at radius 3 is 2.47 bits per heavy atom. The summed E-state index contributed by atoms with van der Waals surface area (Å²) in [6.07, 6.45) is 2.13. The molecule has 0 aromatic heterocycles. The van der Waals surface area contributed by atoms with Gasteiger partial charge in [0.25, 0.3) is 5.91 Å². The van der Waals surface area contributed by atoms with Crippen molar-refractivity contribution in [2.45, 2.75) is 18.2 Å². The van der Waals surface area contributed by atoms with Crippen LogP contribution in [-0.4, -0.2) is 40.2 Å². The number of sulfone groups is 1. The van der Waals surface area contributed by atoms with Gasteiger partial charge < -0.3 is 10.6 Å². The van der Waals surface area contributed by atoms with Crippen LogP contribution in [0.3, 0.4) is 0 Å². The van der Waals surface area contributed by atoms with Gasteiger partial charge in [-0.05, 0) is 25.1 Å². The standard InChI is InChI=1S/C13H20N2O3S/c1-3-8-14-9-10-15-13(16)11-6-4-5-7-12(11)19(2,17)18/h4-7,14H,3,8-10H2,1-2H3,(H,15,16). The van der Waals surface area contributed by atoms with E-state index >= 15 is 0 Å². The Morgan fingerprint density at radius 1 is 1.16 bits per heavy atom. The van der Waals surface area contributed by atoms with Gasteiger partial charge in [0, 0.05) is 19.3 Å².